The molecule has 2 aromatic rings. The van der Waals surface area contributed by atoms with Gasteiger partial charge in [0.05, 0.1) is 13.0 Å². The summed E-state index contributed by atoms with van der Waals surface area (Å²) in [5, 5.41) is 6.42. The average Bonchev–Trinajstić information content (AvgIpc) is 2.93. The van der Waals surface area contributed by atoms with E-state index in [-0.39, 0.29) is 11.5 Å². The molecule has 2 N–H and O–H groups in total. The number of rotatable bonds is 4. The Balaban J connectivity index is 1.91. The van der Waals surface area contributed by atoms with E-state index in [1.54, 1.807) is 36.4 Å². The number of carbonyl (C=O) groups excluding carboxylic acids is 2. The van der Waals surface area contributed by atoms with Crippen molar-refractivity contribution < 1.29 is 19.1 Å². The summed E-state index contributed by atoms with van der Waals surface area (Å²) >= 11 is 11.8. The Morgan fingerprint density at radius 1 is 0.966 bits per heavy atom. The summed E-state index contributed by atoms with van der Waals surface area (Å²) in [5.74, 6) is -0.997. The molecule has 152 valence electrons. The topological polar surface area (TPSA) is 76.7 Å². The molecule has 0 saturated carbocycles. The van der Waals surface area contributed by atoms with E-state index in [1.165, 1.54) is 7.11 Å². The Morgan fingerprint density at radius 2 is 1.52 bits per heavy atom. The molecule has 0 spiro atoms. The van der Waals surface area contributed by atoms with Gasteiger partial charge in [0.25, 0.3) is 0 Å². The first kappa shape index (κ1) is 21.0. The number of urea groups is 1. The van der Waals surface area contributed by atoms with Gasteiger partial charge in [0, 0.05) is 15.7 Å². The molecule has 1 unspecified atom stereocenters. The van der Waals surface area contributed by atoms with Crippen LogP contribution >= 0.6 is 23.2 Å². The van der Waals surface area contributed by atoms with Crippen LogP contribution in [0.15, 0.2) is 60.0 Å². The van der Waals surface area contributed by atoms with Crippen molar-refractivity contribution in [1.82, 2.24) is 5.32 Å². The van der Waals surface area contributed by atoms with Crippen LogP contribution in [-0.2, 0) is 14.3 Å². The summed E-state index contributed by atoms with van der Waals surface area (Å²) in [7, 11) is 1.28. The maximum Gasteiger partial charge on any atom is 0.339 e. The van der Waals surface area contributed by atoms with E-state index in [9.17, 15) is 9.59 Å². The minimum absolute atomic E-state index is 0.0493. The largest absolute Gasteiger partial charge is 0.471 e. The van der Waals surface area contributed by atoms with Gasteiger partial charge in [0.2, 0.25) is 5.88 Å². The summed E-state index contributed by atoms with van der Waals surface area (Å²) in [6, 6.07) is 13.2. The van der Waals surface area contributed by atoms with Crippen molar-refractivity contribution in [3.05, 3.63) is 75.6 Å². The van der Waals surface area contributed by atoms with E-state index < -0.39 is 23.5 Å². The first-order valence-electron chi connectivity index (χ1n) is 8.82. The Bertz CT molecular complexity index is 954. The second kappa shape index (κ2) is 8.35. The fourth-order valence-electron chi connectivity index (χ4n) is 3.29. The van der Waals surface area contributed by atoms with E-state index in [2.05, 4.69) is 10.6 Å². The number of nitrogens with one attached hydrogen (secondary N) is 2. The molecule has 0 saturated heterocycles. The van der Waals surface area contributed by atoms with Crippen molar-refractivity contribution in [3.8, 4) is 0 Å². The Morgan fingerprint density at radius 3 is 2.07 bits per heavy atom. The number of ether oxygens (including phenoxy) is 2. The molecule has 1 atom stereocenters. The molecule has 1 aliphatic heterocycles. The van der Waals surface area contributed by atoms with Gasteiger partial charge in [0.1, 0.15) is 11.2 Å². The van der Waals surface area contributed by atoms with Crippen LogP contribution in [0.25, 0.3) is 0 Å². The summed E-state index contributed by atoms with van der Waals surface area (Å²) in [4.78, 5) is 25.0. The second-order valence-corrected chi connectivity index (χ2v) is 7.88. The first-order chi connectivity index (χ1) is 13.7. The molecule has 2 aromatic carbocycles. The highest BCUT2D eigenvalue weighted by Gasteiger charge is 2.48. The zero-order chi connectivity index (χ0) is 21.2. The van der Waals surface area contributed by atoms with Gasteiger partial charge < -0.3 is 14.8 Å². The fourth-order valence-corrected chi connectivity index (χ4v) is 3.54. The smallest absolute Gasteiger partial charge is 0.339 e. The van der Waals surface area contributed by atoms with Gasteiger partial charge >= 0.3 is 12.0 Å². The Hall–Kier alpha value is -2.70. The molecular formula is C21H20Cl2N2O4. The molecule has 0 aromatic heterocycles. The fraction of sp³-hybridized carbons (Fsp3) is 0.238. The number of methoxy groups -OCH3 is 1. The molecule has 29 heavy (non-hydrogen) atoms. The second-order valence-electron chi connectivity index (χ2n) is 7.01. The monoisotopic (exact) mass is 434 g/mol. The molecule has 6 nitrogen and oxygen atoms in total. The van der Waals surface area contributed by atoms with Crippen molar-refractivity contribution in [3.63, 3.8) is 0 Å². The van der Waals surface area contributed by atoms with Gasteiger partial charge in [-0.15, -0.1) is 0 Å². The number of hydrogen-bond donors (Lipinski definition) is 2. The standard InChI is InChI=1S/C21H20Cl2N2O4/c1-21(2)17(12-4-6-13(22)7-5-12)16(19(26)28-3)18(29-21)25-20(27)24-15-10-8-14(23)9-11-15/h4-11,17H,1-3H3,(H2,24,25,27). The third-order valence-corrected chi connectivity index (χ3v) is 5.04. The lowest BCUT2D eigenvalue weighted by atomic mass is 9.81. The third kappa shape index (κ3) is 4.66. The highest BCUT2D eigenvalue weighted by atomic mass is 35.5. The minimum Gasteiger partial charge on any atom is -0.471 e. The normalized spacial score (nSPS) is 17.5. The number of amides is 2. The van der Waals surface area contributed by atoms with Crippen LogP contribution in [0.5, 0.6) is 0 Å². The van der Waals surface area contributed by atoms with E-state index >= 15 is 0 Å². The van der Waals surface area contributed by atoms with Gasteiger partial charge in [0.15, 0.2) is 0 Å². The maximum atomic E-state index is 12.6. The number of hydrogen-bond acceptors (Lipinski definition) is 4. The molecule has 0 aliphatic carbocycles. The Labute approximate surface area is 178 Å². The van der Waals surface area contributed by atoms with Crippen LogP contribution in [-0.4, -0.2) is 24.7 Å². The van der Waals surface area contributed by atoms with E-state index in [1.807, 2.05) is 26.0 Å². The average molecular weight is 435 g/mol. The highest BCUT2D eigenvalue weighted by Crippen LogP contribution is 2.45. The lowest BCUT2D eigenvalue weighted by molar-refractivity contribution is -0.136. The molecule has 1 heterocycles. The molecule has 0 bridgehead atoms. The number of carbonyl (C=O) groups is 2. The molecule has 8 heteroatoms. The lowest BCUT2D eigenvalue weighted by Crippen LogP contribution is -2.32. The lowest BCUT2D eigenvalue weighted by Gasteiger charge is -2.28. The molecule has 0 fully saturated rings. The van der Waals surface area contributed by atoms with Crippen molar-refractivity contribution in [2.45, 2.75) is 25.4 Å². The van der Waals surface area contributed by atoms with Crippen molar-refractivity contribution in [1.29, 1.82) is 0 Å². The predicted molar refractivity (Wildman–Crippen MR) is 112 cm³/mol. The van der Waals surface area contributed by atoms with Crippen LogP contribution in [0.3, 0.4) is 0 Å². The first-order valence-corrected chi connectivity index (χ1v) is 9.57. The van der Waals surface area contributed by atoms with Crippen LogP contribution in [0.1, 0.15) is 25.3 Å². The van der Waals surface area contributed by atoms with Gasteiger partial charge in [-0.1, -0.05) is 35.3 Å². The van der Waals surface area contributed by atoms with Crippen molar-refractivity contribution >= 4 is 40.9 Å². The number of benzene rings is 2. The quantitative estimate of drug-likeness (QED) is 0.656. The van der Waals surface area contributed by atoms with Gasteiger partial charge in [-0.2, -0.15) is 0 Å². The molecular weight excluding hydrogens is 415 g/mol. The summed E-state index contributed by atoms with van der Waals surface area (Å²) in [5.41, 5.74) is 0.777. The molecule has 1 aliphatic rings. The van der Waals surface area contributed by atoms with Gasteiger partial charge in [-0.05, 0) is 55.8 Å². The third-order valence-electron chi connectivity index (χ3n) is 4.53. The van der Waals surface area contributed by atoms with Gasteiger partial charge in [-0.3, -0.25) is 5.32 Å². The van der Waals surface area contributed by atoms with Crippen LogP contribution in [0, 0.1) is 0 Å². The van der Waals surface area contributed by atoms with E-state index in [0.717, 1.165) is 5.56 Å². The Kier molecular flexibility index (Phi) is 6.05. The zero-order valence-electron chi connectivity index (χ0n) is 16.1. The van der Waals surface area contributed by atoms with Crippen LogP contribution in [0.4, 0.5) is 10.5 Å². The highest BCUT2D eigenvalue weighted by molar-refractivity contribution is 6.30. The molecule has 0 radical (unpaired) electrons. The minimum atomic E-state index is -0.805. The van der Waals surface area contributed by atoms with E-state index in [4.69, 9.17) is 32.7 Å². The SMILES string of the molecule is COC(=O)C1=C(NC(=O)Nc2ccc(Cl)cc2)OC(C)(C)C1c1ccc(Cl)cc1. The van der Waals surface area contributed by atoms with Crippen molar-refractivity contribution in [2.75, 3.05) is 12.4 Å². The maximum absolute atomic E-state index is 12.6. The molecule has 3 rings (SSSR count). The summed E-state index contributed by atoms with van der Waals surface area (Å²) in [6.07, 6.45) is 0. The predicted octanol–water partition coefficient (Wildman–Crippen LogP) is 5.09. The molecule has 2 amide bonds. The summed E-state index contributed by atoms with van der Waals surface area (Å²) < 4.78 is 10.9. The summed E-state index contributed by atoms with van der Waals surface area (Å²) in [6.45, 7) is 3.67. The number of esters is 1. The zero-order valence-corrected chi connectivity index (χ0v) is 17.6. The van der Waals surface area contributed by atoms with Crippen LogP contribution < -0.4 is 10.6 Å². The van der Waals surface area contributed by atoms with Crippen molar-refractivity contribution in [2.24, 2.45) is 0 Å². The van der Waals surface area contributed by atoms with E-state index in [0.29, 0.717) is 15.7 Å². The van der Waals surface area contributed by atoms with Gasteiger partial charge in [-0.25, -0.2) is 9.59 Å². The number of anilines is 1. The van der Waals surface area contributed by atoms with Crippen LogP contribution in [0.2, 0.25) is 10.0 Å². The number of halogens is 2.